The number of hydrogen-bond acceptors (Lipinski definition) is 3. The maximum absolute atomic E-state index is 9.74. The molecule has 1 aromatic heterocycles. The Bertz CT molecular complexity index is 582. The average Bonchev–Trinajstić information content (AvgIpc) is 2.54. The predicted molar refractivity (Wildman–Crippen MR) is 89.7 cm³/mol. The predicted octanol–water partition coefficient (Wildman–Crippen LogP) is 4.13. The van der Waals surface area contributed by atoms with E-state index in [2.05, 4.69) is 31.7 Å². The van der Waals surface area contributed by atoms with E-state index in [1.165, 1.54) is 0 Å². The van der Waals surface area contributed by atoms with Crippen LogP contribution in [0.3, 0.4) is 0 Å². The summed E-state index contributed by atoms with van der Waals surface area (Å²) in [7, 11) is 0. The molecule has 1 N–H and O–H groups in total. The van der Waals surface area contributed by atoms with Crippen molar-refractivity contribution >= 4 is 16.7 Å². The van der Waals surface area contributed by atoms with Crippen molar-refractivity contribution in [3.8, 4) is 0 Å². The smallest absolute Gasteiger partial charge is 0.135 e. The Morgan fingerprint density at radius 2 is 2.00 bits per heavy atom. The van der Waals surface area contributed by atoms with Gasteiger partial charge in [-0.3, -0.25) is 0 Å². The molecule has 1 atom stereocenters. The van der Waals surface area contributed by atoms with Crippen LogP contribution in [0.25, 0.3) is 10.9 Å². The Morgan fingerprint density at radius 1 is 1.24 bits per heavy atom. The molecular formula is C18H26N2O. The van der Waals surface area contributed by atoms with Crippen molar-refractivity contribution in [2.45, 2.75) is 52.7 Å². The molecule has 3 nitrogen and oxygen atoms in total. The molecule has 3 heteroatoms. The molecule has 0 radical (unpaired) electrons. The van der Waals surface area contributed by atoms with Crippen molar-refractivity contribution in [1.82, 2.24) is 4.98 Å². The molecular weight excluding hydrogens is 260 g/mol. The van der Waals surface area contributed by atoms with Crippen molar-refractivity contribution in [1.29, 1.82) is 0 Å². The van der Waals surface area contributed by atoms with Gasteiger partial charge in [0.25, 0.3) is 0 Å². The molecule has 0 saturated heterocycles. The second-order valence-corrected chi connectivity index (χ2v) is 5.63. The van der Waals surface area contributed by atoms with Gasteiger partial charge < -0.3 is 10.0 Å². The molecule has 0 amide bonds. The summed E-state index contributed by atoms with van der Waals surface area (Å²) in [5, 5.41) is 10.8. The summed E-state index contributed by atoms with van der Waals surface area (Å²) in [5.41, 5.74) is 1.92. The standard InChI is InChI=1S/C18H26N2O/c1-4-6-11-20(14(3)5-2)18-16(13-21)12-15-9-7-8-10-17(15)19-18/h7-10,12,14,21H,4-6,11,13H2,1-3H3. The molecule has 0 aliphatic carbocycles. The van der Waals surface area contributed by atoms with Gasteiger partial charge in [0.1, 0.15) is 5.82 Å². The third-order valence-electron chi connectivity index (χ3n) is 4.10. The third kappa shape index (κ3) is 3.53. The quantitative estimate of drug-likeness (QED) is 0.831. The first-order chi connectivity index (χ1) is 10.2. The van der Waals surface area contributed by atoms with Gasteiger partial charge in [-0.2, -0.15) is 0 Å². The van der Waals surface area contributed by atoms with Crippen LogP contribution in [0.15, 0.2) is 30.3 Å². The fourth-order valence-corrected chi connectivity index (χ4v) is 2.60. The summed E-state index contributed by atoms with van der Waals surface area (Å²) in [6.07, 6.45) is 3.38. The zero-order chi connectivity index (χ0) is 15.2. The number of nitrogens with zero attached hydrogens (tertiary/aromatic N) is 2. The number of unbranched alkanes of at least 4 members (excludes halogenated alkanes) is 1. The van der Waals surface area contributed by atoms with Crippen molar-refractivity contribution < 1.29 is 5.11 Å². The second-order valence-electron chi connectivity index (χ2n) is 5.63. The molecule has 2 rings (SSSR count). The molecule has 1 heterocycles. The van der Waals surface area contributed by atoms with Crippen molar-refractivity contribution in [3.05, 3.63) is 35.9 Å². The minimum absolute atomic E-state index is 0.0340. The molecule has 0 saturated carbocycles. The van der Waals surface area contributed by atoms with Gasteiger partial charge in [-0.05, 0) is 31.9 Å². The summed E-state index contributed by atoms with van der Waals surface area (Å²) in [5.74, 6) is 0.944. The van der Waals surface area contributed by atoms with E-state index in [9.17, 15) is 5.11 Å². The van der Waals surface area contributed by atoms with E-state index < -0.39 is 0 Å². The third-order valence-corrected chi connectivity index (χ3v) is 4.10. The molecule has 0 bridgehead atoms. The van der Waals surface area contributed by atoms with E-state index in [0.717, 1.165) is 48.1 Å². The topological polar surface area (TPSA) is 36.4 Å². The van der Waals surface area contributed by atoms with Gasteiger partial charge in [-0.25, -0.2) is 4.98 Å². The minimum Gasteiger partial charge on any atom is -0.392 e. The summed E-state index contributed by atoms with van der Waals surface area (Å²) in [6.45, 7) is 7.66. The minimum atomic E-state index is 0.0340. The van der Waals surface area contributed by atoms with E-state index in [0.29, 0.717) is 6.04 Å². The highest BCUT2D eigenvalue weighted by Gasteiger charge is 2.18. The lowest BCUT2D eigenvalue weighted by Crippen LogP contribution is -2.35. The van der Waals surface area contributed by atoms with Crippen LogP contribution < -0.4 is 4.90 Å². The first-order valence-electron chi connectivity index (χ1n) is 7.97. The van der Waals surface area contributed by atoms with Gasteiger partial charge in [0, 0.05) is 23.5 Å². The molecule has 1 aromatic carbocycles. The van der Waals surface area contributed by atoms with Crippen molar-refractivity contribution in [2.75, 3.05) is 11.4 Å². The Balaban J connectivity index is 2.48. The molecule has 0 spiro atoms. The molecule has 2 aromatic rings. The normalized spacial score (nSPS) is 12.6. The van der Waals surface area contributed by atoms with E-state index in [1.807, 2.05) is 24.3 Å². The molecule has 0 fully saturated rings. The zero-order valence-electron chi connectivity index (χ0n) is 13.3. The number of aliphatic hydroxyl groups is 1. The van der Waals surface area contributed by atoms with Crippen LogP contribution in [0.4, 0.5) is 5.82 Å². The summed E-state index contributed by atoms with van der Waals surface area (Å²) in [6, 6.07) is 10.6. The van der Waals surface area contributed by atoms with Gasteiger partial charge in [0.2, 0.25) is 0 Å². The Morgan fingerprint density at radius 3 is 2.67 bits per heavy atom. The van der Waals surface area contributed by atoms with Crippen LogP contribution in [0, 0.1) is 0 Å². The number of hydrogen-bond donors (Lipinski definition) is 1. The summed E-state index contributed by atoms with van der Waals surface area (Å²) in [4.78, 5) is 7.18. The van der Waals surface area contributed by atoms with Gasteiger partial charge in [-0.15, -0.1) is 0 Å². The van der Waals surface area contributed by atoms with E-state index in [-0.39, 0.29) is 6.61 Å². The highest BCUT2D eigenvalue weighted by Crippen LogP contribution is 2.26. The van der Waals surface area contributed by atoms with Gasteiger partial charge in [0.15, 0.2) is 0 Å². The highest BCUT2D eigenvalue weighted by atomic mass is 16.3. The number of aliphatic hydroxyl groups excluding tert-OH is 1. The van der Waals surface area contributed by atoms with Crippen LogP contribution in [0.2, 0.25) is 0 Å². The number of benzene rings is 1. The first kappa shape index (κ1) is 15.8. The van der Waals surface area contributed by atoms with Gasteiger partial charge >= 0.3 is 0 Å². The monoisotopic (exact) mass is 286 g/mol. The Hall–Kier alpha value is -1.61. The molecule has 21 heavy (non-hydrogen) atoms. The maximum atomic E-state index is 9.74. The SMILES string of the molecule is CCCCN(c1nc2ccccc2cc1CO)C(C)CC. The Labute approximate surface area is 127 Å². The van der Waals surface area contributed by atoms with Crippen molar-refractivity contribution in [2.24, 2.45) is 0 Å². The number of anilines is 1. The van der Waals surface area contributed by atoms with Crippen LogP contribution in [0.5, 0.6) is 0 Å². The van der Waals surface area contributed by atoms with Crippen LogP contribution in [-0.2, 0) is 6.61 Å². The van der Waals surface area contributed by atoms with Crippen LogP contribution in [0.1, 0.15) is 45.6 Å². The number of para-hydroxylation sites is 1. The molecule has 0 aliphatic rings. The summed E-state index contributed by atoms with van der Waals surface area (Å²) >= 11 is 0. The van der Waals surface area contributed by atoms with E-state index >= 15 is 0 Å². The lowest BCUT2D eigenvalue weighted by atomic mass is 10.1. The fraction of sp³-hybridized carbons (Fsp3) is 0.500. The van der Waals surface area contributed by atoms with E-state index in [1.54, 1.807) is 0 Å². The number of aromatic nitrogens is 1. The highest BCUT2D eigenvalue weighted by molar-refractivity contribution is 5.81. The van der Waals surface area contributed by atoms with Crippen LogP contribution >= 0.6 is 0 Å². The zero-order valence-corrected chi connectivity index (χ0v) is 13.3. The second kappa shape index (κ2) is 7.41. The van der Waals surface area contributed by atoms with Gasteiger partial charge in [-0.1, -0.05) is 38.5 Å². The summed E-state index contributed by atoms with van der Waals surface area (Å²) < 4.78 is 0. The van der Waals surface area contributed by atoms with Crippen molar-refractivity contribution in [3.63, 3.8) is 0 Å². The lowest BCUT2D eigenvalue weighted by molar-refractivity contribution is 0.281. The molecule has 1 unspecified atom stereocenters. The fourth-order valence-electron chi connectivity index (χ4n) is 2.60. The average molecular weight is 286 g/mol. The maximum Gasteiger partial charge on any atom is 0.135 e. The molecule has 114 valence electrons. The number of fused-ring (bicyclic) bond motifs is 1. The lowest BCUT2D eigenvalue weighted by Gasteiger charge is -2.31. The first-order valence-corrected chi connectivity index (χ1v) is 7.97. The largest absolute Gasteiger partial charge is 0.392 e. The van der Waals surface area contributed by atoms with E-state index in [4.69, 9.17) is 4.98 Å². The van der Waals surface area contributed by atoms with Gasteiger partial charge in [0.05, 0.1) is 12.1 Å². The Kier molecular flexibility index (Phi) is 5.57. The number of rotatable bonds is 7. The molecule has 0 aliphatic heterocycles. The van der Waals surface area contributed by atoms with Crippen LogP contribution in [-0.4, -0.2) is 22.7 Å². The number of pyridine rings is 1.